The van der Waals surface area contributed by atoms with Crippen molar-refractivity contribution < 1.29 is 23.8 Å². The van der Waals surface area contributed by atoms with E-state index in [2.05, 4.69) is 11.9 Å². The Labute approximate surface area is 241 Å². The number of nitrogens with zero attached hydrogens (tertiary/aromatic N) is 3. The van der Waals surface area contributed by atoms with E-state index in [0.29, 0.717) is 32.8 Å². The van der Waals surface area contributed by atoms with Gasteiger partial charge in [0.15, 0.2) is 0 Å². The van der Waals surface area contributed by atoms with Crippen LogP contribution in [0.3, 0.4) is 0 Å². The van der Waals surface area contributed by atoms with E-state index in [4.69, 9.17) is 13.9 Å². The first-order chi connectivity index (χ1) is 19.5. The predicted molar refractivity (Wildman–Crippen MR) is 156 cm³/mol. The Kier molecular flexibility index (Phi) is 7.93. The average Bonchev–Trinajstić information content (AvgIpc) is 3.59. The number of rotatable bonds is 9. The molecule has 0 aliphatic heterocycles. The van der Waals surface area contributed by atoms with Crippen LogP contribution in [0.15, 0.2) is 50.7 Å². The van der Waals surface area contributed by atoms with Gasteiger partial charge >= 0.3 is 11.7 Å². The van der Waals surface area contributed by atoms with E-state index in [0.717, 1.165) is 35.8 Å². The summed E-state index contributed by atoms with van der Waals surface area (Å²) in [5.74, 6) is 0.275. The molecule has 0 radical (unpaired) electrons. The van der Waals surface area contributed by atoms with Crippen molar-refractivity contribution in [1.82, 2.24) is 14.1 Å². The third-order valence-corrected chi connectivity index (χ3v) is 9.38. The Morgan fingerprint density at radius 1 is 1.22 bits per heavy atom. The fourth-order valence-electron chi connectivity index (χ4n) is 5.55. The van der Waals surface area contributed by atoms with Crippen LogP contribution in [-0.2, 0) is 21.6 Å². The van der Waals surface area contributed by atoms with Crippen LogP contribution in [0.5, 0.6) is 5.75 Å². The molecule has 1 aromatic carbocycles. The maximum absolute atomic E-state index is 14.2. The van der Waals surface area contributed by atoms with Crippen LogP contribution < -0.4 is 16.0 Å². The highest BCUT2D eigenvalue weighted by Crippen LogP contribution is 2.38. The number of thiophene rings is 1. The van der Waals surface area contributed by atoms with E-state index >= 15 is 0 Å². The molecule has 0 spiro atoms. The highest BCUT2D eigenvalue weighted by Gasteiger charge is 2.36. The number of aryl methyl sites for hydroxylation is 1. The summed E-state index contributed by atoms with van der Waals surface area (Å²) < 4.78 is 20.2. The molecule has 4 aromatic rings. The third kappa shape index (κ3) is 5.24. The van der Waals surface area contributed by atoms with Gasteiger partial charge in [-0.15, -0.1) is 11.3 Å². The van der Waals surface area contributed by atoms with Gasteiger partial charge in [-0.25, -0.2) is 19.1 Å². The largest absolute Gasteiger partial charge is 0.496 e. The third-order valence-electron chi connectivity index (χ3n) is 8.08. The van der Waals surface area contributed by atoms with Crippen LogP contribution in [0.25, 0.3) is 21.0 Å². The van der Waals surface area contributed by atoms with E-state index < -0.39 is 28.9 Å². The van der Waals surface area contributed by atoms with Crippen molar-refractivity contribution in [3.8, 4) is 16.5 Å². The smallest absolute Gasteiger partial charge is 0.333 e. The topological polar surface area (TPSA) is 126 Å². The van der Waals surface area contributed by atoms with Crippen molar-refractivity contribution in [2.45, 2.75) is 77.7 Å². The van der Waals surface area contributed by atoms with Gasteiger partial charge in [0.05, 0.1) is 36.2 Å². The van der Waals surface area contributed by atoms with Crippen LogP contribution in [0.4, 0.5) is 0 Å². The summed E-state index contributed by atoms with van der Waals surface area (Å²) in [5.41, 5.74) is -1.86. The second-order valence-corrected chi connectivity index (χ2v) is 12.2. The van der Waals surface area contributed by atoms with Gasteiger partial charge in [-0.05, 0) is 64.0 Å². The molecule has 3 aromatic heterocycles. The Morgan fingerprint density at radius 3 is 2.56 bits per heavy atom. The summed E-state index contributed by atoms with van der Waals surface area (Å²) in [6.07, 6.45) is 6.23. The highest BCUT2D eigenvalue weighted by molar-refractivity contribution is 7.22. The van der Waals surface area contributed by atoms with Crippen LogP contribution in [0, 0.1) is 12.8 Å². The molecule has 5 rings (SSSR count). The number of aromatic nitrogens is 3. The fraction of sp³-hybridized carbons (Fsp3) is 0.467. The first-order valence-corrected chi connectivity index (χ1v) is 14.6. The molecule has 0 unspecified atom stereocenters. The molecule has 1 aliphatic carbocycles. The Morgan fingerprint density at radius 2 is 1.93 bits per heavy atom. The lowest BCUT2D eigenvalue weighted by Gasteiger charge is -2.31. The minimum atomic E-state index is -1.80. The van der Waals surface area contributed by atoms with Gasteiger partial charge in [0.1, 0.15) is 28.5 Å². The number of aliphatic carboxylic acids is 1. The van der Waals surface area contributed by atoms with Crippen molar-refractivity contribution in [2.75, 3.05) is 7.11 Å². The van der Waals surface area contributed by atoms with Gasteiger partial charge in [-0.2, -0.15) is 0 Å². The number of carboxylic acids is 1. The Hall–Kier alpha value is -3.70. The number of hydrogen-bond donors (Lipinski definition) is 1. The number of hydrogen-bond acceptors (Lipinski definition) is 8. The second kappa shape index (κ2) is 11.3. The standard InChI is InChI=1S/C30H35N3O7S/c1-17-10-12-19(13-11-17)40-22(20-8-6-7-9-21(20)38-5)16-32-27-23(18(2)24(41-27)25-31-14-15-39-25)26(34)33(29(32)37)30(3,4)28(35)36/h6-9,14-15,17,19,22H,10-13,16H2,1-5H3,(H,35,36)/t17-,19+,22-/m0/s1. The lowest BCUT2D eigenvalue weighted by molar-refractivity contribution is -0.146. The zero-order valence-electron chi connectivity index (χ0n) is 23.9. The van der Waals surface area contributed by atoms with Gasteiger partial charge in [-0.3, -0.25) is 9.36 Å². The summed E-state index contributed by atoms with van der Waals surface area (Å²) in [7, 11) is 1.59. The summed E-state index contributed by atoms with van der Waals surface area (Å²) in [4.78, 5) is 45.6. The first kappa shape index (κ1) is 28.8. The number of fused-ring (bicyclic) bond motifs is 1. The Balaban J connectivity index is 1.74. The van der Waals surface area contributed by atoms with Gasteiger partial charge < -0.3 is 19.0 Å². The molecule has 218 valence electrons. The zero-order chi connectivity index (χ0) is 29.5. The summed E-state index contributed by atoms with van der Waals surface area (Å²) in [6.45, 7) is 6.74. The number of oxazole rings is 1. The number of carboxylic acid groups (broad SMARTS) is 1. The molecule has 0 amide bonds. The van der Waals surface area contributed by atoms with Crippen molar-refractivity contribution >= 4 is 27.5 Å². The number of ether oxygens (including phenoxy) is 2. The fourth-order valence-corrected chi connectivity index (χ4v) is 6.79. The molecule has 1 atom stereocenters. The lowest BCUT2D eigenvalue weighted by atomic mass is 9.88. The maximum atomic E-state index is 14.2. The summed E-state index contributed by atoms with van der Waals surface area (Å²) in [5, 5.41) is 10.3. The molecular formula is C30H35N3O7S. The van der Waals surface area contributed by atoms with Crippen molar-refractivity contribution in [3.05, 3.63) is 68.7 Å². The van der Waals surface area contributed by atoms with Crippen LogP contribution in [-0.4, -0.2) is 38.4 Å². The maximum Gasteiger partial charge on any atom is 0.333 e. The molecular weight excluding hydrogens is 546 g/mol. The highest BCUT2D eigenvalue weighted by atomic mass is 32.1. The number of carbonyl (C=O) groups is 1. The van der Waals surface area contributed by atoms with Gasteiger partial charge in [0.2, 0.25) is 5.89 Å². The number of methoxy groups -OCH3 is 1. The molecule has 3 heterocycles. The molecule has 1 fully saturated rings. The van der Waals surface area contributed by atoms with E-state index in [1.165, 1.54) is 42.2 Å². The molecule has 11 heteroatoms. The average molecular weight is 582 g/mol. The van der Waals surface area contributed by atoms with Gasteiger partial charge in [-0.1, -0.05) is 25.1 Å². The molecule has 1 N–H and O–H groups in total. The second-order valence-electron chi connectivity index (χ2n) is 11.2. The minimum absolute atomic E-state index is 0.0124. The monoisotopic (exact) mass is 581 g/mol. The molecule has 1 saturated carbocycles. The van der Waals surface area contributed by atoms with E-state index in [1.807, 2.05) is 24.3 Å². The zero-order valence-corrected chi connectivity index (χ0v) is 24.7. The summed E-state index contributed by atoms with van der Waals surface area (Å²) >= 11 is 1.22. The van der Waals surface area contributed by atoms with E-state index in [-0.39, 0.29) is 18.0 Å². The number of benzene rings is 1. The molecule has 10 nitrogen and oxygen atoms in total. The molecule has 0 bridgehead atoms. The normalized spacial score (nSPS) is 18.5. The molecule has 41 heavy (non-hydrogen) atoms. The Bertz CT molecular complexity index is 1670. The van der Waals surface area contributed by atoms with Crippen molar-refractivity contribution in [1.29, 1.82) is 0 Å². The van der Waals surface area contributed by atoms with Crippen LogP contribution >= 0.6 is 11.3 Å². The van der Waals surface area contributed by atoms with Gasteiger partial charge in [0, 0.05) is 5.56 Å². The quantitative estimate of drug-likeness (QED) is 0.280. The minimum Gasteiger partial charge on any atom is -0.496 e. The summed E-state index contributed by atoms with van der Waals surface area (Å²) in [6, 6.07) is 7.51. The van der Waals surface area contributed by atoms with Crippen LogP contribution in [0.1, 0.15) is 63.7 Å². The van der Waals surface area contributed by atoms with E-state index in [1.54, 1.807) is 14.0 Å². The number of para-hydroxylation sites is 1. The van der Waals surface area contributed by atoms with Gasteiger partial charge in [0.25, 0.3) is 5.56 Å². The van der Waals surface area contributed by atoms with Crippen LogP contribution in [0.2, 0.25) is 0 Å². The SMILES string of the molecule is COc1ccccc1[C@H](Cn1c(=O)n(C(C)(C)C(=O)O)c(=O)c2c(C)c(-c3ncco3)sc21)O[C@H]1CC[C@@H](C)CC1. The van der Waals surface area contributed by atoms with Crippen molar-refractivity contribution in [2.24, 2.45) is 5.92 Å². The van der Waals surface area contributed by atoms with E-state index in [9.17, 15) is 19.5 Å². The predicted octanol–water partition coefficient (Wildman–Crippen LogP) is 5.35. The first-order valence-electron chi connectivity index (χ1n) is 13.8. The van der Waals surface area contributed by atoms with Crippen molar-refractivity contribution in [3.63, 3.8) is 0 Å². The molecule has 1 aliphatic rings. The lowest BCUT2D eigenvalue weighted by Crippen LogP contribution is -2.52. The molecule has 0 saturated heterocycles.